The Balaban J connectivity index is 1.87. The first kappa shape index (κ1) is 14.7. The summed E-state index contributed by atoms with van der Waals surface area (Å²) in [4.78, 5) is 16.0. The highest BCUT2D eigenvalue weighted by Crippen LogP contribution is 2.17. The fourth-order valence-electron chi connectivity index (χ4n) is 2.06. The summed E-state index contributed by atoms with van der Waals surface area (Å²) >= 11 is 3.52. The maximum Gasteiger partial charge on any atom is 0.224 e. The minimum Gasteiger partial charge on any atom is -0.353 e. The lowest BCUT2D eigenvalue weighted by atomic mass is 10.1. The highest BCUT2D eigenvalue weighted by molar-refractivity contribution is 9.10. The number of amides is 1. The predicted octanol–water partition coefficient (Wildman–Crippen LogP) is 3.13. The first-order valence-corrected chi connectivity index (χ1v) is 7.36. The molecular formula is C16H17BrN2O. The number of nitrogens with zero attached hydrogens (tertiary/aromatic N) is 1. The van der Waals surface area contributed by atoms with Gasteiger partial charge in [0.25, 0.3) is 0 Å². The second kappa shape index (κ2) is 7.20. The van der Waals surface area contributed by atoms with Crippen LogP contribution in [0.3, 0.4) is 0 Å². The summed E-state index contributed by atoms with van der Waals surface area (Å²) in [5.74, 6) is 0.0255. The van der Waals surface area contributed by atoms with Crippen LogP contribution in [0.25, 0.3) is 0 Å². The van der Waals surface area contributed by atoms with E-state index in [9.17, 15) is 4.79 Å². The number of carbonyl (C=O) groups excluding carboxylic acids is 1. The van der Waals surface area contributed by atoms with Crippen molar-refractivity contribution in [1.82, 2.24) is 10.3 Å². The van der Waals surface area contributed by atoms with Crippen LogP contribution in [0, 0.1) is 0 Å². The van der Waals surface area contributed by atoms with Crippen LogP contribution in [0.15, 0.2) is 53.3 Å². The van der Waals surface area contributed by atoms with Gasteiger partial charge in [-0.3, -0.25) is 9.78 Å². The van der Waals surface area contributed by atoms with E-state index in [-0.39, 0.29) is 11.9 Å². The second-order valence-corrected chi connectivity index (χ2v) is 5.66. The Bertz CT molecular complexity index is 572. The Kier molecular flexibility index (Phi) is 5.30. The molecule has 0 aliphatic rings. The fourth-order valence-corrected chi connectivity index (χ4v) is 2.51. The molecule has 0 spiro atoms. The number of benzene rings is 1. The smallest absolute Gasteiger partial charge is 0.224 e. The fraction of sp³-hybridized carbons (Fsp3) is 0.250. The molecule has 0 saturated carbocycles. The van der Waals surface area contributed by atoms with Gasteiger partial charge in [0, 0.05) is 22.9 Å². The lowest BCUT2D eigenvalue weighted by Crippen LogP contribution is -2.35. The second-order valence-electron chi connectivity index (χ2n) is 4.80. The van der Waals surface area contributed by atoms with Crippen LogP contribution in [-0.2, 0) is 17.6 Å². The van der Waals surface area contributed by atoms with E-state index >= 15 is 0 Å². The molecule has 0 fully saturated rings. The third-order valence-electron chi connectivity index (χ3n) is 2.98. The predicted molar refractivity (Wildman–Crippen MR) is 83.4 cm³/mol. The highest BCUT2D eigenvalue weighted by atomic mass is 79.9. The van der Waals surface area contributed by atoms with Gasteiger partial charge in [-0.25, -0.2) is 0 Å². The van der Waals surface area contributed by atoms with Crippen molar-refractivity contribution >= 4 is 21.8 Å². The molecule has 104 valence electrons. The first-order valence-electron chi connectivity index (χ1n) is 6.57. The average Bonchev–Trinajstić information content (AvgIpc) is 2.42. The van der Waals surface area contributed by atoms with Crippen molar-refractivity contribution in [3.8, 4) is 0 Å². The molecule has 1 aromatic carbocycles. The molecule has 1 unspecified atom stereocenters. The molecule has 0 aliphatic heterocycles. The molecular weight excluding hydrogens is 316 g/mol. The Morgan fingerprint density at radius 2 is 2.10 bits per heavy atom. The molecule has 1 amide bonds. The van der Waals surface area contributed by atoms with Crippen molar-refractivity contribution in [1.29, 1.82) is 0 Å². The molecule has 0 radical (unpaired) electrons. The number of hydrogen-bond acceptors (Lipinski definition) is 2. The lowest BCUT2D eigenvalue weighted by molar-refractivity contribution is -0.121. The Morgan fingerprint density at radius 3 is 2.80 bits per heavy atom. The van der Waals surface area contributed by atoms with Gasteiger partial charge in [-0.15, -0.1) is 0 Å². The number of aromatic nitrogens is 1. The molecule has 2 rings (SSSR count). The van der Waals surface area contributed by atoms with Crippen LogP contribution >= 0.6 is 15.9 Å². The van der Waals surface area contributed by atoms with E-state index in [4.69, 9.17) is 0 Å². The van der Waals surface area contributed by atoms with Crippen molar-refractivity contribution in [2.24, 2.45) is 0 Å². The summed E-state index contributed by atoms with van der Waals surface area (Å²) < 4.78 is 1.08. The van der Waals surface area contributed by atoms with Gasteiger partial charge >= 0.3 is 0 Å². The molecule has 0 aliphatic carbocycles. The van der Waals surface area contributed by atoms with Crippen molar-refractivity contribution in [2.45, 2.75) is 25.8 Å². The van der Waals surface area contributed by atoms with E-state index in [1.807, 2.05) is 37.3 Å². The number of carbonyl (C=O) groups is 1. The van der Waals surface area contributed by atoms with E-state index in [0.717, 1.165) is 16.5 Å². The van der Waals surface area contributed by atoms with Crippen molar-refractivity contribution in [3.05, 3.63) is 64.4 Å². The summed E-state index contributed by atoms with van der Waals surface area (Å²) in [6, 6.07) is 11.9. The van der Waals surface area contributed by atoms with Crippen molar-refractivity contribution in [2.75, 3.05) is 0 Å². The average molecular weight is 333 g/mol. The maximum atomic E-state index is 11.9. The molecule has 1 aromatic heterocycles. The van der Waals surface area contributed by atoms with E-state index in [0.29, 0.717) is 6.42 Å². The third-order valence-corrected chi connectivity index (χ3v) is 3.75. The molecule has 4 heteroatoms. The van der Waals surface area contributed by atoms with Gasteiger partial charge in [0.05, 0.1) is 6.42 Å². The van der Waals surface area contributed by atoms with Gasteiger partial charge in [-0.2, -0.15) is 0 Å². The lowest BCUT2D eigenvalue weighted by Gasteiger charge is -2.15. The van der Waals surface area contributed by atoms with Crippen LogP contribution in [0.2, 0.25) is 0 Å². The number of halogens is 1. The first-order chi connectivity index (χ1) is 9.65. The van der Waals surface area contributed by atoms with Crippen molar-refractivity contribution in [3.63, 3.8) is 0 Å². The van der Waals surface area contributed by atoms with Gasteiger partial charge in [0.1, 0.15) is 0 Å². The monoisotopic (exact) mass is 332 g/mol. The van der Waals surface area contributed by atoms with Gasteiger partial charge in [-0.1, -0.05) is 40.2 Å². The summed E-state index contributed by atoms with van der Waals surface area (Å²) in [6.07, 6.45) is 4.60. The van der Waals surface area contributed by atoms with E-state index in [1.54, 1.807) is 12.4 Å². The topological polar surface area (TPSA) is 42.0 Å². The summed E-state index contributed by atoms with van der Waals surface area (Å²) in [6.45, 7) is 2.01. The summed E-state index contributed by atoms with van der Waals surface area (Å²) in [5, 5.41) is 3.02. The minimum atomic E-state index is 0.0255. The normalized spacial score (nSPS) is 11.9. The molecule has 1 N–H and O–H groups in total. The van der Waals surface area contributed by atoms with Gasteiger partial charge in [-0.05, 0) is 36.6 Å². The summed E-state index contributed by atoms with van der Waals surface area (Å²) in [5.41, 5.74) is 2.12. The van der Waals surface area contributed by atoms with E-state index < -0.39 is 0 Å². The molecule has 20 heavy (non-hydrogen) atoms. The van der Waals surface area contributed by atoms with Crippen LogP contribution in [0.1, 0.15) is 18.1 Å². The number of rotatable bonds is 5. The molecule has 3 nitrogen and oxygen atoms in total. The molecule has 2 aromatic rings. The minimum absolute atomic E-state index is 0.0255. The summed E-state index contributed by atoms with van der Waals surface area (Å²) in [7, 11) is 0. The van der Waals surface area contributed by atoms with Crippen LogP contribution in [0.4, 0.5) is 0 Å². The molecule has 1 atom stereocenters. The standard InChI is InChI=1S/C16H17BrN2O/c1-12(9-14-6-2-3-7-15(14)17)19-16(20)10-13-5-4-8-18-11-13/h2-8,11-12H,9-10H2,1H3,(H,19,20). The molecule has 1 heterocycles. The van der Waals surface area contributed by atoms with E-state index in [1.165, 1.54) is 5.56 Å². The Hall–Kier alpha value is -1.68. The number of nitrogens with one attached hydrogen (secondary N) is 1. The molecule has 0 saturated heterocycles. The maximum absolute atomic E-state index is 11.9. The third kappa shape index (κ3) is 4.46. The Morgan fingerprint density at radius 1 is 1.30 bits per heavy atom. The van der Waals surface area contributed by atoms with Crippen molar-refractivity contribution < 1.29 is 4.79 Å². The number of pyridine rings is 1. The van der Waals surface area contributed by atoms with Gasteiger partial charge in [0.2, 0.25) is 5.91 Å². The van der Waals surface area contributed by atoms with Crippen LogP contribution in [0.5, 0.6) is 0 Å². The largest absolute Gasteiger partial charge is 0.353 e. The zero-order valence-electron chi connectivity index (χ0n) is 11.3. The van der Waals surface area contributed by atoms with E-state index in [2.05, 4.69) is 32.3 Å². The van der Waals surface area contributed by atoms with Crippen LogP contribution < -0.4 is 5.32 Å². The van der Waals surface area contributed by atoms with Crippen LogP contribution in [-0.4, -0.2) is 16.9 Å². The SMILES string of the molecule is CC(Cc1ccccc1Br)NC(=O)Cc1cccnc1. The quantitative estimate of drug-likeness (QED) is 0.913. The zero-order chi connectivity index (χ0) is 14.4. The zero-order valence-corrected chi connectivity index (χ0v) is 12.9. The van der Waals surface area contributed by atoms with Gasteiger partial charge < -0.3 is 5.32 Å². The number of hydrogen-bond donors (Lipinski definition) is 1. The highest BCUT2D eigenvalue weighted by Gasteiger charge is 2.10. The Labute approximate surface area is 127 Å². The molecule has 0 bridgehead atoms. The van der Waals surface area contributed by atoms with Gasteiger partial charge in [0.15, 0.2) is 0 Å².